The van der Waals surface area contributed by atoms with Gasteiger partial charge in [0.2, 0.25) is 5.88 Å². The minimum Gasteiger partial charge on any atom is -0.493 e. The van der Waals surface area contributed by atoms with Crippen LogP contribution >= 0.6 is 23.5 Å². The Hall–Kier alpha value is -1.14. The molecule has 1 aromatic heterocycles. The Kier molecular flexibility index (Phi) is 3.09. The topological polar surface area (TPSA) is 95.6 Å². The van der Waals surface area contributed by atoms with Crippen molar-refractivity contribution in [3.63, 3.8) is 0 Å². The second-order valence-corrected chi connectivity index (χ2v) is 5.77. The zero-order valence-electron chi connectivity index (χ0n) is 8.36. The monoisotopic (exact) mass is 318 g/mol. The molecule has 0 amide bonds. The molecule has 0 spiro atoms. The fraction of sp³-hybridized carbons (Fsp3) is 0. The van der Waals surface area contributed by atoms with Gasteiger partial charge in [-0.15, -0.1) is 0 Å². The van der Waals surface area contributed by atoms with Gasteiger partial charge in [0.05, 0.1) is 11.9 Å². The summed E-state index contributed by atoms with van der Waals surface area (Å²) in [5.41, 5.74) is 0.505. The Bertz CT molecular complexity index is 590. The van der Waals surface area contributed by atoms with Crippen molar-refractivity contribution in [2.75, 3.05) is 0 Å². The van der Waals surface area contributed by atoms with Gasteiger partial charge in [-0.25, -0.2) is 4.68 Å². The van der Waals surface area contributed by atoms with Crippen molar-refractivity contribution in [1.29, 1.82) is 0 Å². The van der Waals surface area contributed by atoms with E-state index in [-0.39, 0.29) is 0 Å². The van der Waals surface area contributed by atoms with Crippen molar-refractivity contribution in [3.8, 4) is 11.6 Å². The van der Waals surface area contributed by atoms with Crippen molar-refractivity contribution in [2.45, 2.75) is 0 Å². The van der Waals surface area contributed by atoms with Crippen molar-refractivity contribution >= 4 is 28.8 Å². The number of nitrogens with zero attached hydrogens (tertiary/aromatic N) is 2. The molecule has 2 rings (SSSR count). The van der Waals surface area contributed by atoms with E-state index >= 15 is 0 Å². The third kappa shape index (κ3) is 2.42. The summed E-state index contributed by atoms with van der Waals surface area (Å²) >= 11 is 3.26. The maximum Gasteiger partial charge on any atom is 0.363 e. The van der Waals surface area contributed by atoms with Gasteiger partial charge in [-0.2, -0.15) is 5.10 Å². The average molecular weight is 319 g/mol. The van der Waals surface area contributed by atoms with Gasteiger partial charge in [0, 0.05) is 4.47 Å². The summed E-state index contributed by atoms with van der Waals surface area (Å²) < 4.78 is 12.9. The van der Waals surface area contributed by atoms with Crippen molar-refractivity contribution in [1.82, 2.24) is 9.78 Å². The molecule has 6 nitrogen and oxygen atoms in total. The molecule has 3 N–H and O–H groups in total. The Morgan fingerprint density at radius 2 is 1.82 bits per heavy atom. The van der Waals surface area contributed by atoms with Gasteiger partial charge in [-0.1, -0.05) is 15.9 Å². The summed E-state index contributed by atoms with van der Waals surface area (Å²) in [7, 11) is -4.51. The van der Waals surface area contributed by atoms with Crippen LogP contribution in [0.15, 0.2) is 34.9 Å². The Morgan fingerprint density at radius 3 is 2.29 bits per heavy atom. The fourth-order valence-corrected chi connectivity index (χ4v) is 2.13. The largest absolute Gasteiger partial charge is 0.493 e. The standard InChI is InChI=1S/C9H8BrN2O4P/c10-6-1-3-7(4-2-6)12-9(13)8(5-11-12)17(14,15)16/h1-5,13H,(H2,14,15,16). The highest BCUT2D eigenvalue weighted by Crippen LogP contribution is 2.37. The first kappa shape index (κ1) is 12.3. The fourth-order valence-electron chi connectivity index (χ4n) is 1.31. The van der Waals surface area contributed by atoms with Gasteiger partial charge >= 0.3 is 7.60 Å². The normalized spacial score (nSPS) is 11.7. The maximum absolute atomic E-state index is 11.0. The lowest BCUT2D eigenvalue weighted by molar-refractivity contribution is 0.383. The number of rotatable bonds is 2. The van der Waals surface area contributed by atoms with Crippen LogP contribution in [0.25, 0.3) is 5.69 Å². The zero-order chi connectivity index (χ0) is 12.6. The van der Waals surface area contributed by atoms with Crippen LogP contribution in [0.4, 0.5) is 0 Å². The van der Waals surface area contributed by atoms with Crippen molar-refractivity contribution in [3.05, 3.63) is 34.9 Å². The van der Waals surface area contributed by atoms with Gasteiger partial charge in [0.15, 0.2) is 0 Å². The van der Waals surface area contributed by atoms with E-state index in [1.165, 1.54) is 0 Å². The minimum absolute atomic E-state index is 0.486. The molecule has 0 aliphatic rings. The minimum atomic E-state index is -4.51. The molecule has 8 heteroatoms. The molecule has 0 atom stereocenters. The smallest absolute Gasteiger partial charge is 0.363 e. The SMILES string of the molecule is O=P(O)(O)c1cnn(-c2ccc(Br)cc2)c1O. The maximum atomic E-state index is 11.0. The summed E-state index contributed by atoms with van der Waals surface area (Å²) in [4.78, 5) is 17.9. The first-order valence-corrected chi connectivity index (χ1v) is 6.89. The van der Waals surface area contributed by atoms with Gasteiger partial charge in [-0.05, 0) is 24.3 Å². The molecular weight excluding hydrogens is 311 g/mol. The third-order valence-electron chi connectivity index (χ3n) is 2.11. The number of halogens is 1. The summed E-state index contributed by atoms with van der Waals surface area (Å²) in [6.07, 6.45) is 0.957. The molecule has 1 aromatic carbocycles. The third-order valence-corrected chi connectivity index (χ3v) is 3.58. The van der Waals surface area contributed by atoms with Crippen LogP contribution in [-0.2, 0) is 4.57 Å². The molecular formula is C9H8BrN2O4P. The molecule has 0 saturated heterocycles. The van der Waals surface area contributed by atoms with E-state index < -0.39 is 18.8 Å². The van der Waals surface area contributed by atoms with Crippen LogP contribution < -0.4 is 5.30 Å². The highest BCUT2D eigenvalue weighted by Gasteiger charge is 2.26. The summed E-state index contributed by atoms with van der Waals surface area (Å²) in [5.74, 6) is -0.555. The molecule has 0 radical (unpaired) electrons. The Labute approximate surface area is 105 Å². The molecule has 0 unspecified atom stereocenters. The van der Waals surface area contributed by atoms with E-state index in [2.05, 4.69) is 21.0 Å². The van der Waals surface area contributed by atoms with Crippen LogP contribution in [0.5, 0.6) is 5.88 Å². The van der Waals surface area contributed by atoms with Crippen LogP contribution in [0.2, 0.25) is 0 Å². The molecule has 1 heterocycles. The van der Waals surface area contributed by atoms with Gasteiger partial charge in [-0.3, -0.25) is 4.57 Å². The van der Waals surface area contributed by atoms with Gasteiger partial charge in [0.25, 0.3) is 0 Å². The number of aromatic nitrogens is 2. The van der Waals surface area contributed by atoms with E-state index in [0.717, 1.165) is 15.4 Å². The predicted molar refractivity (Wildman–Crippen MR) is 64.6 cm³/mol. The summed E-state index contributed by atoms with van der Waals surface area (Å²) in [6, 6.07) is 6.77. The van der Waals surface area contributed by atoms with E-state index in [9.17, 15) is 9.67 Å². The number of hydrogen-bond donors (Lipinski definition) is 3. The molecule has 17 heavy (non-hydrogen) atoms. The molecule has 0 aliphatic heterocycles. The van der Waals surface area contributed by atoms with Crippen molar-refractivity contribution in [2.24, 2.45) is 0 Å². The number of hydrogen-bond acceptors (Lipinski definition) is 3. The van der Waals surface area contributed by atoms with Crippen LogP contribution in [0, 0.1) is 0 Å². The highest BCUT2D eigenvalue weighted by atomic mass is 79.9. The first-order valence-electron chi connectivity index (χ1n) is 4.48. The van der Waals surface area contributed by atoms with Gasteiger partial charge < -0.3 is 14.9 Å². The quantitative estimate of drug-likeness (QED) is 0.722. The number of aromatic hydroxyl groups is 1. The molecule has 0 saturated carbocycles. The summed E-state index contributed by atoms with van der Waals surface area (Å²) in [5, 5.41) is 12.9. The molecule has 0 aliphatic carbocycles. The van der Waals surface area contributed by atoms with E-state index in [1.807, 2.05) is 0 Å². The predicted octanol–water partition coefficient (Wildman–Crippen LogP) is 1.14. The zero-order valence-corrected chi connectivity index (χ0v) is 10.8. The molecule has 2 aromatic rings. The van der Waals surface area contributed by atoms with Crippen molar-refractivity contribution < 1.29 is 19.5 Å². The van der Waals surface area contributed by atoms with Crippen LogP contribution in [-0.4, -0.2) is 24.7 Å². The first-order chi connectivity index (χ1) is 7.89. The van der Waals surface area contributed by atoms with E-state index in [4.69, 9.17) is 9.79 Å². The lowest BCUT2D eigenvalue weighted by Crippen LogP contribution is -2.03. The number of benzene rings is 1. The molecule has 90 valence electrons. The summed E-state index contributed by atoms with van der Waals surface area (Å²) in [6.45, 7) is 0. The second kappa shape index (κ2) is 4.27. The molecule has 0 bridgehead atoms. The van der Waals surface area contributed by atoms with E-state index in [1.54, 1.807) is 24.3 Å². The van der Waals surface area contributed by atoms with Gasteiger partial charge in [0.1, 0.15) is 5.30 Å². The van der Waals surface area contributed by atoms with Crippen LogP contribution in [0.3, 0.4) is 0 Å². The average Bonchev–Trinajstić information content (AvgIpc) is 2.61. The Balaban J connectivity index is 2.52. The van der Waals surface area contributed by atoms with E-state index in [0.29, 0.717) is 5.69 Å². The van der Waals surface area contributed by atoms with Crippen LogP contribution in [0.1, 0.15) is 0 Å². The second-order valence-electron chi connectivity index (χ2n) is 3.29. The lowest BCUT2D eigenvalue weighted by Gasteiger charge is -2.04. The highest BCUT2D eigenvalue weighted by molar-refractivity contribution is 9.10. The lowest BCUT2D eigenvalue weighted by atomic mass is 10.3. The Morgan fingerprint density at radius 1 is 1.24 bits per heavy atom. The molecule has 0 fully saturated rings.